The van der Waals surface area contributed by atoms with Crippen LogP contribution in [0.5, 0.6) is 0 Å². The summed E-state index contributed by atoms with van der Waals surface area (Å²) in [5.74, 6) is -1.13. The summed E-state index contributed by atoms with van der Waals surface area (Å²) >= 11 is 0. The first-order valence-corrected chi connectivity index (χ1v) is 6.62. The maximum atomic E-state index is 11.5. The molecule has 0 saturated carbocycles. The lowest BCUT2D eigenvalue weighted by atomic mass is 10.2. The van der Waals surface area contributed by atoms with Crippen molar-refractivity contribution in [3.8, 4) is 0 Å². The number of ether oxygens (including phenoxy) is 2. The minimum absolute atomic E-state index is 0.260. The van der Waals surface area contributed by atoms with Crippen LogP contribution in [-0.2, 0) is 25.6 Å². The third-order valence-corrected chi connectivity index (χ3v) is 2.79. The Balaban J connectivity index is 2.39. The lowest BCUT2D eigenvalue weighted by Crippen LogP contribution is -2.33. The minimum Gasteiger partial charge on any atom is -0.466 e. The fourth-order valence-electron chi connectivity index (χ4n) is 1.65. The van der Waals surface area contributed by atoms with Gasteiger partial charge in [-0.15, -0.1) is 0 Å². The van der Waals surface area contributed by atoms with E-state index in [0.717, 1.165) is 5.56 Å². The molecule has 1 atom stereocenters. The van der Waals surface area contributed by atoms with Crippen LogP contribution in [-0.4, -0.2) is 36.7 Å². The maximum Gasteiger partial charge on any atom is 0.318 e. The highest BCUT2D eigenvalue weighted by molar-refractivity contribution is 5.91. The van der Waals surface area contributed by atoms with Crippen LogP contribution in [0.25, 0.3) is 0 Å². The van der Waals surface area contributed by atoms with Crippen LogP contribution in [0, 0.1) is 0 Å². The van der Waals surface area contributed by atoms with Gasteiger partial charge in [0.05, 0.1) is 6.61 Å². The summed E-state index contributed by atoms with van der Waals surface area (Å²) in [6, 6.07) is 9.88. The molecule has 0 amide bonds. The van der Waals surface area contributed by atoms with Crippen molar-refractivity contribution in [1.29, 1.82) is 0 Å². The highest BCUT2D eigenvalue weighted by Crippen LogP contribution is 2.07. The smallest absolute Gasteiger partial charge is 0.318 e. The van der Waals surface area contributed by atoms with E-state index in [2.05, 4.69) is 0 Å². The van der Waals surface area contributed by atoms with Crippen LogP contribution in [0.2, 0.25) is 0 Å². The third-order valence-electron chi connectivity index (χ3n) is 2.79. The van der Waals surface area contributed by atoms with Crippen LogP contribution >= 0.6 is 0 Å². The molecule has 0 aliphatic rings. The van der Waals surface area contributed by atoms with E-state index in [0.29, 0.717) is 6.54 Å². The Labute approximate surface area is 119 Å². The molecule has 0 N–H and O–H groups in total. The van der Waals surface area contributed by atoms with Gasteiger partial charge in [-0.1, -0.05) is 30.3 Å². The maximum absolute atomic E-state index is 11.5. The molecule has 1 aromatic rings. The highest BCUT2D eigenvalue weighted by atomic mass is 16.6. The Kier molecular flexibility index (Phi) is 6.73. The predicted molar refractivity (Wildman–Crippen MR) is 74.7 cm³/mol. The zero-order valence-electron chi connectivity index (χ0n) is 12.2. The summed E-state index contributed by atoms with van der Waals surface area (Å²) < 4.78 is 9.88. The molecule has 0 radical (unpaired) electrons. The van der Waals surface area contributed by atoms with Crippen LogP contribution < -0.4 is 0 Å². The molecule has 0 saturated heterocycles. The summed E-state index contributed by atoms with van der Waals surface area (Å²) in [6.07, 6.45) is -0.755. The Morgan fingerprint density at radius 3 is 2.45 bits per heavy atom. The van der Waals surface area contributed by atoms with Crippen molar-refractivity contribution in [1.82, 2.24) is 4.90 Å². The first-order chi connectivity index (χ1) is 9.52. The number of rotatable bonds is 7. The van der Waals surface area contributed by atoms with Gasteiger partial charge >= 0.3 is 11.9 Å². The number of hydrogen-bond donors (Lipinski definition) is 0. The van der Waals surface area contributed by atoms with Gasteiger partial charge in [-0.3, -0.25) is 14.5 Å². The Morgan fingerprint density at radius 2 is 1.85 bits per heavy atom. The molecular weight excluding hydrogens is 258 g/mol. The van der Waals surface area contributed by atoms with Gasteiger partial charge in [-0.05, 0) is 26.5 Å². The molecule has 0 unspecified atom stereocenters. The van der Waals surface area contributed by atoms with Crippen molar-refractivity contribution in [3.63, 3.8) is 0 Å². The summed E-state index contributed by atoms with van der Waals surface area (Å²) in [7, 11) is 1.86. The third kappa shape index (κ3) is 5.84. The average molecular weight is 279 g/mol. The summed E-state index contributed by atoms with van der Waals surface area (Å²) in [5.41, 5.74) is 1.13. The molecule has 0 aliphatic carbocycles. The second-order valence-corrected chi connectivity index (χ2v) is 4.47. The lowest BCUT2D eigenvalue weighted by molar-refractivity contribution is -0.162. The van der Waals surface area contributed by atoms with Gasteiger partial charge < -0.3 is 9.47 Å². The quantitative estimate of drug-likeness (QED) is 0.434. The number of carbonyl (C=O) groups is 2. The van der Waals surface area contributed by atoms with Gasteiger partial charge in [0.25, 0.3) is 0 Å². The number of benzene rings is 1. The fourth-order valence-corrected chi connectivity index (χ4v) is 1.65. The Morgan fingerprint density at radius 1 is 1.20 bits per heavy atom. The van der Waals surface area contributed by atoms with Crippen molar-refractivity contribution < 1.29 is 19.1 Å². The zero-order chi connectivity index (χ0) is 15.0. The van der Waals surface area contributed by atoms with E-state index in [4.69, 9.17) is 9.47 Å². The van der Waals surface area contributed by atoms with Crippen molar-refractivity contribution in [2.45, 2.75) is 33.0 Å². The molecule has 0 heterocycles. The molecule has 0 spiro atoms. The van der Waals surface area contributed by atoms with Crippen LogP contribution in [0.1, 0.15) is 25.8 Å². The van der Waals surface area contributed by atoms with Crippen LogP contribution in [0.4, 0.5) is 0 Å². The number of hydrogen-bond acceptors (Lipinski definition) is 5. The van der Waals surface area contributed by atoms with Gasteiger partial charge in [-0.2, -0.15) is 0 Å². The average Bonchev–Trinajstić information content (AvgIpc) is 2.39. The van der Waals surface area contributed by atoms with E-state index in [9.17, 15) is 9.59 Å². The van der Waals surface area contributed by atoms with Gasteiger partial charge in [-0.25, -0.2) is 0 Å². The summed E-state index contributed by atoms with van der Waals surface area (Å²) in [5, 5.41) is 0. The largest absolute Gasteiger partial charge is 0.466 e. The number of nitrogens with zero attached hydrogens (tertiary/aromatic N) is 1. The monoisotopic (exact) mass is 279 g/mol. The molecule has 0 bridgehead atoms. The van der Waals surface area contributed by atoms with E-state index in [1.54, 1.807) is 13.8 Å². The fraction of sp³-hybridized carbons (Fsp3) is 0.467. The van der Waals surface area contributed by atoms with Gasteiger partial charge in [0.1, 0.15) is 6.42 Å². The Hall–Kier alpha value is -1.88. The van der Waals surface area contributed by atoms with Crippen LogP contribution in [0.15, 0.2) is 30.3 Å². The van der Waals surface area contributed by atoms with E-state index in [-0.39, 0.29) is 13.0 Å². The van der Waals surface area contributed by atoms with Gasteiger partial charge in [0, 0.05) is 6.54 Å². The lowest BCUT2D eigenvalue weighted by Gasteiger charge is -2.24. The van der Waals surface area contributed by atoms with Gasteiger partial charge in [0.15, 0.2) is 6.23 Å². The highest BCUT2D eigenvalue weighted by Gasteiger charge is 2.17. The molecule has 5 heteroatoms. The number of esters is 2. The predicted octanol–water partition coefficient (Wildman–Crippen LogP) is 1.96. The first-order valence-electron chi connectivity index (χ1n) is 6.62. The molecule has 0 fully saturated rings. The van der Waals surface area contributed by atoms with Crippen LogP contribution in [0.3, 0.4) is 0 Å². The SMILES string of the molecule is CCOC(=O)CC(=O)O[C@H](C)N(C)Cc1ccccc1. The molecule has 0 aromatic heterocycles. The summed E-state index contributed by atoms with van der Waals surface area (Å²) in [4.78, 5) is 24.6. The van der Waals surface area contributed by atoms with Crippen molar-refractivity contribution in [2.24, 2.45) is 0 Å². The molecule has 110 valence electrons. The van der Waals surface area contributed by atoms with E-state index >= 15 is 0 Å². The molecule has 1 rings (SSSR count). The minimum atomic E-state index is -0.573. The van der Waals surface area contributed by atoms with Crippen molar-refractivity contribution in [3.05, 3.63) is 35.9 Å². The normalized spacial score (nSPS) is 12.0. The molecule has 20 heavy (non-hydrogen) atoms. The molecule has 1 aromatic carbocycles. The zero-order valence-corrected chi connectivity index (χ0v) is 12.2. The molecular formula is C15H21NO4. The topological polar surface area (TPSA) is 55.8 Å². The molecule has 5 nitrogen and oxygen atoms in total. The van der Waals surface area contributed by atoms with E-state index in [1.807, 2.05) is 42.3 Å². The van der Waals surface area contributed by atoms with E-state index < -0.39 is 18.2 Å². The van der Waals surface area contributed by atoms with Crippen molar-refractivity contribution in [2.75, 3.05) is 13.7 Å². The molecule has 0 aliphatic heterocycles. The van der Waals surface area contributed by atoms with Gasteiger partial charge in [0.2, 0.25) is 0 Å². The number of carbonyl (C=O) groups excluding carboxylic acids is 2. The first kappa shape index (κ1) is 16.2. The van der Waals surface area contributed by atoms with E-state index in [1.165, 1.54) is 0 Å². The standard InChI is InChI=1S/C15H21NO4/c1-4-19-14(17)10-15(18)20-12(2)16(3)11-13-8-6-5-7-9-13/h5-9,12H,4,10-11H2,1-3H3/t12-/m1/s1. The van der Waals surface area contributed by atoms with Crippen molar-refractivity contribution >= 4 is 11.9 Å². The Bertz CT molecular complexity index is 433. The second-order valence-electron chi connectivity index (χ2n) is 4.47. The summed E-state index contributed by atoms with van der Waals surface area (Å²) in [6.45, 7) is 4.38. The second kappa shape index (κ2) is 8.32.